The molecule has 0 bridgehead atoms. The summed E-state index contributed by atoms with van der Waals surface area (Å²) in [5, 5.41) is 20.5. The first-order valence-corrected chi connectivity index (χ1v) is 12.6. The van der Waals surface area contributed by atoms with Crippen molar-refractivity contribution in [2.75, 3.05) is 0 Å². The number of nitrogens with one attached hydrogen (secondary N) is 2. The number of hydrogen-bond acceptors (Lipinski definition) is 8. The van der Waals surface area contributed by atoms with E-state index in [1.165, 1.54) is 40.0 Å². The zero-order chi connectivity index (χ0) is 31.0. The number of hydrogen-bond donors (Lipinski definition) is 2. The Morgan fingerprint density at radius 2 is 1.42 bits per heavy atom. The molecule has 2 amide bonds. The molecule has 228 valence electrons. The van der Waals surface area contributed by atoms with Gasteiger partial charge in [0.25, 0.3) is 11.8 Å². The van der Waals surface area contributed by atoms with Crippen LogP contribution in [0.3, 0.4) is 0 Å². The maximum Gasteiger partial charge on any atom is 0.573 e. The highest BCUT2D eigenvalue weighted by molar-refractivity contribution is 5.92. The second-order valence-electron chi connectivity index (χ2n) is 9.04. The van der Waals surface area contributed by atoms with Crippen LogP contribution < -0.4 is 15.4 Å². The Morgan fingerprint density at radius 1 is 0.814 bits per heavy atom. The molecule has 18 heteroatoms. The summed E-state index contributed by atoms with van der Waals surface area (Å²) in [6, 6.07) is 7.27. The van der Waals surface area contributed by atoms with Crippen LogP contribution in [-0.4, -0.2) is 53.1 Å². The number of unbranched alkanes of at least 4 members (excludes halogenated alkanes) is 1. The molecular weight excluding hydrogens is 588 g/mol. The lowest BCUT2D eigenvalue weighted by Gasteiger charge is -2.10. The molecule has 0 aliphatic carbocycles. The molecule has 2 N–H and O–H groups in total. The van der Waals surface area contributed by atoms with Crippen LogP contribution in [0.4, 0.5) is 26.3 Å². The fourth-order valence-corrected chi connectivity index (χ4v) is 3.65. The van der Waals surface area contributed by atoms with Gasteiger partial charge in [-0.25, -0.2) is 0 Å². The molecule has 4 aromatic rings. The maximum absolute atomic E-state index is 12.6. The van der Waals surface area contributed by atoms with E-state index in [0.29, 0.717) is 37.7 Å². The van der Waals surface area contributed by atoms with Crippen LogP contribution in [0.25, 0.3) is 0 Å². The summed E-state index contributed by atoms with van der Waals surface area (Å²) in [7, 11) is 0. The summed E-state index contributed by atoms with van der Waals surface area (Å²) in [4.78, 5) is 28.3. The smallest absolute Gasteiger partial charge is 0.406 e. The van der Waals surface area contributed by atoms with Crippen LogP contribution in [0.1, 0.15) is 50.6 Å². The predicted octanol–water partition coefficient (Wildman–Crippen LogP) is 3.52. The Bertz CT molecular complexity index is 1530. The van der Waals surface area contributed by atoms with Crippen molar-refractivity contribution in [2.45, 2.75) is 51.6 Å². The number of halogens is 6. The third-order valence-corrected chi connectivity index (χ3v) is 5.73. The summed E-state index contributed by atoms with van der Waals surface area (Å²) in [6.07, 6.45) is -4.55. The number of nitrogens with zero attached hydrogens (tertiary/aromatic N) is 7. The number of alkyl halides is 6. The highest BCUT2D eigenvalue weighted by Crippen LogP contribution is 2.28. The molecule has 43 heavy (non-hydrogen) atoms. The second kappa shape index (κ2) is 13.3. The number of aromatic nitrogens is 7. The molecule has 12 nitrogen and oxygen atoms in total. The number of carbonyl (C=O) groups excluding carboxylic acids is 2. The molecular formula is C25H23F6N9O3. The molecule has 0 spiro atoms. The number of amides is 2. The normalized spacial score (nSPS) is 11.8. The van der Waals surface area contributed by atoms with Crippen LogP contribution in [-0.2, 0) is 32.4 Å². The van der Waals surface area contributed by atoms with E-state index < -0.39 is 35.7 Å². The minimum Gasteiger partial charge on any atom is -0.406 e. The monoisotopic (exact) mass is 611 g/mol. The Kier molecular flexibility index (Phi) is 9.56. The topological polar surface area (TPSA) is 142 Å². The number of rotatable bonds is 12. The largest absolute Gasteiger partial charge is 0.573 e. The molecule has 0 saturated carbocycles. The van der Waals surface area contributed by atoms with Gasteiger partial charge in [0.1, 0.15) is 5.75 Å². The van der Waals surface area contributed by atoms with Crippen LogP contribution >= 0.6 is 0 Å². The Balaban J connectivity index is 1.16. The van der Waals surface area contributed by atoms with Crippen molar-refractivity contribution in [3.8, 4) is 5.75 Å². The van der Waals surface area contributed by atoms with Gasteiger partial charge in [0, 0.05) is 25.8 Å². The first-order chi connectivity index (χ1) is 20.4. The number of ether oxygens (including phenoxy) is 1. The quantitative estimate of drug-likeness (QED) is 0.183. The van der Waals surface area contributed by atoms with Gasteiger partial charge in [0.2, 0.25) is 0 Å². The van der Waals surface area contributed by atoms with Crippen molar-refractivity contribution < 1.29 is 40.7 Å². The van der Waals surface area contributed by atoms with Crippen molar-refractivity contribution in [1.82, 2.24) is 45.6 Å². The minimum absolute atomic E-state index is 0.0263. The highest BCUT2D eigenvalue weighted by atomic mass is 19.4. The number of pyridine rings is 1. The zero-order valence-corrected chi connectivity index (χ0v) is 22.1. The fourth-order valence-electron chi connectivity index (χ4n) is 3.65. The van der Waals surface area contributed by atoms with Gasteiger partial charge in [-0.15, -0.1) is 23.4 Å². The summed E-state index contributed by atoms with van der Waals surface area (Å²) < 4.78 is 81.8. The molecule has 3 aromatic heterocycles. The summed E-state index contributed by atoms with van der Waals surface area (Å²) in [5.41, 5.74) is -0.194. The van der Waals surface area contributed by atoms with Gasteiger partial charge in [-0.2, -0.15) is 13.2 Å². The van der Waals surface area contributed by atoms with Crippen LogP contribution in [0.2, 0.25) is 0 Å². The number of benzene rings is 1. The van der Waals surface area contributed by atoms with E-state index in [-0.39, 0.29) is 30.2 Å². The van der Waals surface area contributed by atoms with Crippen molar-refractivity contribution in [3.05, 3.63) is 83.2 Å². The molecule has 0 radical (unpaired) electrons. The van der Waals surface area contributed by atoms with Gasteiger partial charge in [0.15, 0.2) is 11.4 Å². The molecule has 0 aliphatic rings. The minimum atomic E-state index is -4.82. The number of carbonyl (C=O) groups is 2. The maximum atomic E-state index is 12.6. The van der Waals surface area contributed by atoms with Gasteiger partial charge in [-0.1, -0.05) is 22.6 Å². The standard InChI is InChI=1S/C25H23F6N9O3/c26-24(27,28)17-6-7-18(32-12-17)13-34-23(42)21-15-40(38-36-21)9-2-1-8-39-14-20(35-37-39)22(41)33-11-16-4-3-5-19(10-16)43-25(29,30)31/h3-7,10,12,14-15H,1-2,8-9,11,13H2,(H,33,41)(H,34,42). The summed E-state index contributed by atoms with van der Waals surface area (Å²) >= 11 is 0. The zero-order valence-electron chi connectivity index (χ0n) is 22.1. The molecule has 0 atom stereocenters. The van der Waals surface area contributed by atoms with Crippen molar-refractivity contribution in [3.63, 3.8) is 0 Å². The molecule has 4 rings (SSSR count). The second-order valence-corrected chi connectivity index (χ2v) is 9.04. The summed E-state index contributed by atoms with van der Waals surface area (Å²) in [6.45, 7) is 0.690. The van der Waals surface area contributed by atoms with E-state index in [0.717, 1.165) is 18.2 Å². The van der Waals surface area contributed by atoms with Gasteiger partial charge in [0.05, 0.1) is 30.2 Å². The average molecular weight is 612 g/mol. The third-order valence-electron chi connectivity index (χ3n) is 5.73. The fraction of sp³-hybridized carbons (Fsp3) is 0.320. The third kappa shape index (κ3) is 9.50. The SMILES string of the molecule is O=C(NCc1cccc(OC(F)(F)F)c1)c1cn(CCCCn2cc(C(=O)NCc3ccc(C(F)(F)F)cn3)nn2)nn1. The Morgan fingerprint density at radius 3 is 1.95 bits per heavy atom. The predicted molar refractivity (Wildman–Crippen MR) is 134 cm³/mol. The molecule has 0 fully saturated rings. The number of aryl methyl sites for hydroxylation is 2. The van der Waals surface area contributed by atoms with E-state index in [1.807, 2.05) is 0 Å². The molecule has 0 saturated heterocycles. The van der Waals surface area contributed by atoms with Crippen LogP contribution in [0.5, 0.6) is 5.75 Å². The lowest BCUT2D eigenvalue weighted by atomic mass is 10.2. The first-order valence-electron chi connectivity index (χ1n) is 12.6. The lowest BCUT2D eigenvalue weighted by molar-refractivity contribution is -0.274. The van der Waals surface area contributed by atoms with Crippen LogP contribution in [0.15, 0.2) is 55.0 Å². The molecule has 0 aliphatic heterocycles. The average Bonchev–Trinajstić information content (AvgIpc) is 3.62. The van der Waals surface area contributed by atoms with Gasteiger partial charge >= 0.3 is 12.5 Å². The Labute approximate surface area is 239 Å². The van der Waals surface area contributed by atoms with Crippen molar-refractivity contribution >= 4 is 11.8 Å². The first kappa shape index (κ1) is 30.9. The van der Waals surface area contributed by atoms with Crippen molar-refractivity contribution in [2.24, 2.45) is 0 Å². The van der Waals surface area contributed by atoms with Gasteiger partial charge in [-0.3, -0.25) is 23.9 Å². The van der Waals surface area contributed by atoms with E-state index in [9.17, 15) is 35.9 Å². The lowest BCUT2D eigenvalue weighted by Crippen LogP contribution is -2.23. The highest BCUT2D eigenvalue weighted by Gasteiger charge is 2.31. The van der Waals surface area contributed by atoms with E-state index >= 15 is 0 Å². The summed E-state index contributed by atoms with van der Waals surface area (Å²) in [5.74, 6) is -1.52. The Hall–Kier alpha value is -5.03. The van der Waals surface area contributed by atoms with Crippen LogP contribution in [0, 0.1) is 0 Å². The van der Waals surface area contributed by atoms with Gasteiger partial charge < -0.3 is 15.4 Å². The van der Waals surface area contributed by atoms with E-state index in [2.05, 4.69) is 41.0 Å². The van der Waals surface area contributed by atoms with Crippen molar-refractivity contribution in [1.29, 1.82) is 0 Å². The molecule has 1 aromatic carbocycles. The molecule has 3 heterocycles. The van der Waals surface area contributed by atoms with E-state index in [1.54, 1.807) is 0 Å². The van der Waals surface area contributed by atoms with E-state index in [4.69, 9.17) is 0 Å². The molecule has 0 unspecified atom stereocenters. The van der Waals surface area contributed by atoms with Gasteiger partial charge in [-0.05, 0) is 42.7 Å².